The van der Waals surface area contributed by atoms with Crippen molar-refractivity contribution in [2.75, 3.05) is 0 Å². The zero-order valence-corrected chi connectivity index (χ0v) is 9.73. The highest BCUT2D eigenvalue weighted by molar-refractivity contribution is 5.65. The van der Waals surface area contributed by atoms with Crippen molar-refractivity contribution >= 4 is 6.09 Å². The summed E-state index contributed by atoms with van der Waals surface area (Å²) in [6.07, 6.45) is 4.75. The highest BCUT2D eigenvalue weighted by Crippen LogP contribution is 2.50. The highest BCUT2D eigenvalue weighted by atomic mass is 16.4. The molecule has 2 bridgehead atoms. The number of hydrogen-bond acceptors (Lipinski definition) is 1. The molecular weight excluding hydrogens is 214 g/mol. The molecule has 2 N–H and O–H groups in total. The fourth-order valence-electron chi connectivity index (χ4n) is 3.17. The first kappa shape index (κ1) is 10.4. The van der Waals surface area contributed by atoms with Gasteiger partial charge in [0.05, 0.1) is 0 Å². The van der Waals surface area contributed by atoms with Crippen LogP contribution in [0.15, 0.2) is 24.3 Å². The molecule has 2 unspecified atom stereocenters. The van der Waals surface area contributed by atoms with Gasteiger partial charge in [0.2, 0.25) is 0 Å². The number of fused-ring (bicyclic) bond motifs is 5. The lowest BCUT2D eigenvalue weighted by Gasteiger charge is -2.18. The standard InChI is InChI=1S/C14H15NO2/c1-8-2-3-11(7-15-14(16)17)13-10-5-4-9(6-10)12(8)13/h2-5,9-10,15H,6-7H2,1H3,(H,16,17). The van der Waals surface area contributed by atoms with Crippen LogP contribution >= 0.6 is 0 Å². The summed E-state index contributed by atoms with van der Waals surface area (Å²) in [6, 6.07) is 4.16. The predicted octanol–water partition coefficient (Wildman–Crippen LogP) is 2.90. The number of allylic oxidation sites excluding steroid dienone is 2. The van der Waals surface area contributed by atoms with E-state index in [9.17, 15) is 4.79 Å². The average Bonchev–Trinajstić information content (AvgIpc) is 2.89. The van der Waals surface area contributed by atoms with Gasteiger partial charge >= 0.3 is 6.09 Å². The third-order valence-electron chi connectivity index (χ3n) is 3.85. The second-order valence-corrected chi connectivity index (χ2v) is 4.86. The van der Waals surface area contributed by atoms with Crippen molar-refractivity contribution in [1.82, 2.24) is 5.32 Å². The van der Waals surface area contributed by atoms with E-state index in [1.54, 1.807) is 0 Å². The molecule has 0 fully saturated rings. The quantitative estimate of drug-likeness (QED) is 0.766. The third kappa shape index (κ3) is 1.54. The molecule has 0 spiro atoms. The van der Waals surface area contributed by atoms with Crippen molar-refractivity contribution in [1.29, 1.82) is 0 Å². The van der Waals surface area contributed by atoms with Crippen LogP contribution in [-0.2, 0) is 6.54 Å². The summed E-state index contributed by atoms with van der Waals surface area (Å²) < 4.78 is 0. The van der Waals surface area contributed by atoms with Gasteiger partial charge in [-0.25, -0.2) is 4.79 Å². The molecule has 88 valence electrons. The molecule has 3 nitrogen and oxygen atoms in total. The molecule has 0 radical (unpaired) electrons. The van der Waals surface area contributed by atoms with Crippen LogP contribution in [0.4, 0.5) is 4.79 Å². The summed E-state index contributed by atoms with van der Waals surface area (Å²) >= 11 is 0. The summed E-state index contributed by atoms with van der Waals surface area (Å²) in [5, 5.41) is 11.1. The Labute approximate surface area is 100 Å². The molecule has 1 amide bonds. The molecule has 2 aliphatic rings. The molecule has 3 rings (SSSR count). The van der Waals surface area contributed by atoms with Gasteiger partial charge in [-0.2, -0.15) is 0 Å². The van der Waals surface area contributed by atoms with Gasteiger partial charge in [0.15, 0.2) is 0 Å². The third-order valence-corrected chi connectivity index (χ3v) is 3.85. The normalized spacial score (nSPS) is 23.8. The Hall–Kier alpha value is -1.77. The number of carboxylic acid groups (broad SMARTS) is 1. The zero-order chi connectivity index (χ0) is 12.0. The number of rotatable bonds is 2. The van der Waals surface area contributed by atoms with Crippen LogP contribution in [0.1, 0.15) is 40.5 Å². The number of hydrogen-bond donors (Lipinski definition) is 2. The van der Waals surface area contributed by atoms with E-state index in [4.69, 9.17) is 5.11 Å². The van der Waals surface area contributed by atoms with E-state index in [0.717, 1.165) is 5.56 Å². The molecule has 2 aliphatic carbocycles. The van der Waals surface area contributed by atoms with E-state index in [2.05, 4.69) is 36.5 Å². The first-order valence-electron chi connectivity index (χ1n) is 5.94. The van der Waals surface area contributed by atoms with Gasteiger partial charge in [-0.05, 0) is 35.6 Å². The van der Waals surface area contributed by atoms with Crippen LogP contribution < -0.4 is 5.32 Å². The summed E-state index contributed by atoms with van der Waals surface area (Å²) in [6.45, 7) is 2.55. The van der Waals surface area contributed by atoms with Crippen LogP contribution in [0.5, 0.6) is 0 Å². The van der Waals surface area contributed by atoms with Gasteiger partial charge in [-0.1, -0.05) is 24.3 Å². The minimum atomic E-state index is -0.960. The molecule has 0 heterocycles. The highest BCUT2D eigenvalue weighted by Gasteiger charge is 2.35. The fourth-order valence-corrected chi connectivity index (χ4v) is 3.17. The lowest BCUT2D eigenvalue weighted by atomic mass is 9.89. The Kier molecular flexibility index (Phi) is 2.21. The first-order chi connectivity index (χ1) is 8.16. The number of amides is 1. The SMILES string of the molecule is Cc1ccc(CNC(=O)O)c2c1C1C=CC2C1. The molecule has 17 heavy (non-hydrogen) atoms. The van der Waals surface area contributed by atoms with Crippen molar-refractivity contribution in [3.63, 3.8) is 0 Å². The lowest BCUT2D eigenvalue weighted by molar-refractivity contribution is 0.194. The minimum Gasteiger partial charge on any atom is -0.465 e. The predicted molar refractivity (Wildman–Crippen MR) is 65.3 cm³/mol. The number of benzene rings is 1. The van der Waals surface area contributed by atoms with E-state index in [1.165, 1.54) is 23.1 Å². The molecule has 2 atom stereocenters. The number of nitrogens with one attached hydrogen (secondary N) is 1. The van der Waals surface area contributed by atoms with Crippen molar-refractivity contribution in [2.24, 2.45) is 0 Å². The monoisotopic (exact) mass is 229 g/mol. The maximum absolute atomic E-state index is 10.6. The van der Waals surface area contributed by atoms with Gasteiger partial charge in [-0.15, -0.1) is 0 Å². The van der Waals surface area contributed by atoms with E-state index < -0.39 is 6.09 Å². The lowest BCUT2D eigenvalue weighted by Crippen LogP contribution is -2.21. The van der Waals surface area contributed by atoms with E-state index in [-0.39, 0.29) is 0 Å². The van der Waals surface area contributed by atoms with Gasteiger partial charge in [0.1, 0.15) is 0 Å². The maximum Gasteiger partial charge on any atom is 0.404 e. The Morgan fingerprint density at radius 1 is 1.35 bits per heavy atom. The number of carbonyl (C=O) groups is 1. The fraction of sp³-hybridized carbons (Fsp3) is 0.357. The Morgan fingerprint density at radius 2 is 2.06 bits per heavy atom. The van der Waals surface area contributed by atoms with Crippen molar-refractivity contribution in [3.8, 4) is 0 Å². The Balaban J connectivity index is 2.00. The van der Waals surface area contributed by atoms with E-state index in [0.29, 0.717) is 18.4 Å². The molecular formula is C14H15NO2. The van der Waals surface area contributed by atoms with Gasteiger partial charge in [0, 0.05) is 18.4 Å². The van der Waals surface area contributed by atoms with E-state index in [1.807, 2.05) is 0 Å². The van der Waals surface area contributed by atoms with Gasteiger partial charge in [-0.3, -0.25) is 0 Å². The van der Waals surface area contributed by atoms with Crippen LogP contribution in [0.2, 0.25) is 0 Å². The second-order valence-electron chi connectivity index (χ2n) is 4.86. The number of aryl methyl sites for hydroxylation is 1. The average molecular weight is 229 g/mol. The topological polar surface area (TPSA) is 49.3 Å². The molecule has 0 aromatic heterocycles. The summed E-state index contributed by atoms with van der Waals surface area (Å²) in [4.78, 5) is 10.6. The second kappa shape index (κ2) is 3.62. The van der Waals surface area contributed by atoms with Gasteiger partial charge < -0.3 is 10.4 Å². The molecule has 1 aromatic rings. The molecule has 0 aliphatic heterocycles. The van der Waals surface area contributed by atoms with Crippen molar-refractivity contribution < 1.29 is 9.90 Å². The maximum atomic E-state index is 10.6. The van der Waals surface area contributed by atoms with Gasteiger partial charge in [0.25, 0.3) is 0 Å². The van der Waals surface area contributed by atoms with Crippen LogP contribution in [0.3, 0.4) is 0 Å². The minimum absolute atomic E-state index is 0.412. The van der Waals surface area contributed by atoms with Crippen LogP contribution in [-0.4, -0.2) is 11.2 Å². The van der Waals surface area contributed by atoms with Crippen LogP contribution in [0.25, 0.3) is 0 Å². The Morgan fingerprint density at radius 3 is 2.76 bits per heavy atom. The molecule has 3 heteroatoms. The molecule has 0 saturated heterocycles. The summed E-state index contributed by atoms with van der Waals surface area (Å²) in [5.41, 5.74) is 5.26. The van der Waals surface area contributed by atoms with Crippen molar-refractivity contribution in [2.45, 2.75) is 31.7 Å². The van der Waals surface area contributed by atoms with Crippen LogP contribution in [0, 0.1) is 6.92 Å². The van der Waals surface area contributed by atoms with E-state index >= 15 is 0 Å². The smallest absolute Gasteiger partial charge is 0.404 e. The Bertz CT molecular complexity index is 519. The summed E-state index contributed by atoms with van der Waals surface area (Å²) in [5.74, 6) is 1.06. The largest absolute Gasteiger partial charge is 0.465 e. The molecule has 0 saturated carbocycles. The van der Waals surface area contributed by atoms with Crippen molar-refractivity contribution in [3.05, 3.63) is 46.5 Å². The summed E-state index contributed by atoms with van der Waals surface area (Å²) in [7, 11) is 0. The molecule has 1 aromatic carbocycles. The zero-order valence-electron chi connectivity index (χ0n) is 9.73. The first-order valence-corrected chi connectivity index (χ1v) is 5.94.